The van der Waals surface area contributed by atoms with Crippen molar-refractivity contribution >= 4 is 11.8 Å². The number of hydrogen-bond acceptors (Lipinski definition) is 4. The lowest BCUT2D eigenvalue weighted by Crippen LogP contribution is -2.44. The molecule has 1 saturated heterocycles. The second-order valence-electron chi connectivity index (χ2n) is 5.71. The Hall–Kier alpha value is -2.24. The molecule has 2 aliphatic heterocycles. The minimum Gasteiger partial charge on any atom is -0.454 e. The maximum Gasteiger partial charge on any atom is 0.231 e. The zero-order valence-corrected chi connectivity index (χ0v) is 12.6. The van der Waals surface area contributed by atoms with Gasteiger partial charge in [0.1, 0.15) is 0 Å². The SMILES string of the molecule is CC(=O)N1CCC[C@H](C(=O)NCc2ccc3c(c2)OCO3)C1. The Balaban J connectivity index is 1.54. The van der Waals surface area contributed by atoms with Gasteiger partial charge in [-0.15, -0.1) is 0 Å². The standard InChI is InChI=1S/C16H20N2O4/c1-11(19)18-6-2-3-13(9-18)16(20)17-8-12-4-5-14-15(7-12)22-10-21-14/h4-5,7,13H,2-3,6,8-10H2,1H3,(H,17,20)/t13-/m0/s1. The number of ether oxygens (including phenoxy) is 2. The van der Waals surface area contributed by atoms with Gasteiger partial charge in [0.05, 0.1) is 5.92 Å². The number of carbonyl (C=O) groups excluding carboxylic acids is 2. The first-order chi connectivity index (χ1) is 10.6. The van der Waals surface area contributed by atoms with E-state index in [4.69, 9.17) is 9.47 Å². The van der Waals surface area contributed by atoms with Crippen LogP contribution in [0.25, 0.3) is 0 Å². The average Bonchev–Trinajstić information content (AvgIpc) is 3.00. The zero-order chi connectivity index (χ0) is 15.5. The van der Waals surface area contributed by atoms with Crippen molar-refractivity contribution in [1.29, 1.82) is 0 Å². The van der Waals surface area contributed by atoms with Crippen LogP contribution in [0.2, 0.25) is 0 Å². The van der Waals surface area contributed by atoms with Crippen molar-refractivity contribution in [3.05, 3.63) is 23.8 Å². The number of rotatable bonds is 3. The summed E-state index contributed by atoms with van der Waals surface area (Å²) < 4.78 is 10.6. The van der Waals surface area contributed by atoms with Crippen LogP contribution in [0, 0.1) is 5.92 Å². The fourth-order valence-corrected chi connectivity index (χ4v) is 2.86. The first-order valence-electron chi connectivity index (χ1n) is 7.55. The average molecular weight is 304 g/mol. The highest BCUT2D eigenvalue weighted by Crippen LogP contribution is 2.32. The molecule has 1 fully saturated rings. The van der Waals surface area contributed by atoms with Crippen molar-refractivity contribution in [2.24, 2.45) is 5.92 Å². The minimum absolute atomic E-state index is 0.00335. The third-order valence-electron chi connectivity index (χ3n) is 4.14. The predicted molar refractivity (Wildman–Crippen MR) is 79.4 cm³/mol. The summed E-state index contributed by atoms with van der Waals surface area (Å²) in [6.07, 6.45) is 1.71. The fraction of sp³-hybridized carbons (Fsp3) is 0.500. The molecule has 22 heavy (non-hydrogen) atoms. The molecular weight excluding hydrogens is 284 g/mol. The monoisotopic (exact) mass is 304 g/mol. The minimum atomic E-state index is -0.119. The van der Waals surface area contributed by atoms with Crippen LogP contribution in [-0.4, -0.2) is 36.6 Å². The number of hydrogen-bond donors (Lipinski definition) is 1. The molecule has 6 heteroatoms. The molecule has 0 aliphatic carbocycles. The highest BCUT2D eigenvalue weighted by atomic mass is 16.7. The van der Waals surface area contributed by atoms with Crippen LogP contribution in [0.4, 0.5) is 0 Å². The first-order valence-corrected chi connectivity index (χ1v) is 7.55. The Morgan fingerprint density at radius 1 is 1.32 bits per heavy atom. The van der Waals surface area contributed by atoms with Gasteiger partial charge < -0.3 is 19.7 Å². The van der Waals surface area contributed by atoms with Crippen molar-refractivity contribution in [2.45, 2.75) is 26.3 Å². The molecule has 1 aromatic carbocycles. The largest absolute Gasteiger partial charge is 0.454 e. The Morgan fingerprint density at radius 3 is 2.95 bits per heavy atom. The summed E-state index contributed by atoms with van der Waals surface area (Å²) in [5, 5.41) is 2.95. The summed E-state index contributed by atoms with van der Waals surface area (Å²) in [5.74, 6) is 1.37. The first kappa shape index (κ1) is 14.7. The lowest BCUT2D eigenvalue weighted by molar-refractivity contribution is -0.134. The van der Waals surface area contributed by atoms with Gasteiger partial charge >= 0.3 is 0 Å². The van der Waals surface area contributed by atoms with E-state index in [9.17, 15) is 9.59 Å². The summed E-state index contributed by atoms with van der Waals surface area (Å²) in [5.41, 5.74) is 0.969. The van der Waals surface area contributed by atoms with E-state index in [1.54, 1.807) is 11.8 Å². The predicted octanol–water partition coefficient (Wildman–Crippen LogP) is 1.29. The third-order valence-corrected chi connectivity index (χ3v) is 4.14. The van der Waals surface area contributed by atoms with E-state index in [1.165, 1.54) is 0 Å². The van der Waals surface area contributed by atoms with Gasteiger partial charge in [-0.1, -0.05) is 6.07 Å². The van der Waals surface area contributed by atoms with Crippen LogP contribution in [0.3, 0.4) is 0 Å². The van der Waals surface area contributed by atoms with Crippen molar-refractivity contribution in [3.63, 3.8) is 0 Å². The van der Waals surface area contributed by atoms with Crippen molar-refractivity contribution in [1.82, 2.24) is 10.2 Å². The lowest BCUT2D eigenvalue weighted by Gasteiger charge is -2.31. The maximum atomic E-state index is 12.3. The van der Waals surface area contributed by atoms with Crippen LogP contribution in [0.15, 0.2) is 18.2 Å². The van der Waals surface area contributed by atoms with Gasteiger partial charge in [0.25, 0.3) is 0 Å². The van der Waals surface area contributed by atoms with Gasteiger partial charge in [0.15, 0.2) is 11.5 Å². The molecule has 1 atom stereocenters. The molecule has 2 heterocycles. The Kier molecular flexibility index (Phi) is 4.18. The van der Waals surface area contributed by atoms with Crippen LogP contribution in [0.5, 0.6) is 11.5 Å². The molecule has 0 aromatic heterocycles. The molecule has 0 spiro atoms. The van der Waals surface area contributed by atoms with E-state index in [1.807, 2.05) is 18.2 Å². The smallest absolute Gasteiger partial charge is 0.231 e. The van der Waals surface area contributed by atoms with Gasteiger partial charge in [0, 0.05) is 26.6 Å². The molecule has 0 saturated carbocycles. The Bertz CT molecular complexity index is 588. The summed E-state index contributed by atoms with van der Waals surface area (Å²) in [7, 11) is 0. The van der Waals surface area contributed by atoms with E-state index in [-0.39, 0.29) is 24.5 Å². The van der Waals surface area contributed by atoms with E-state index in [0.717, 1.165) is 30.7 Å². The van der Waals surface area contributed by atoms with Gasteiger partial charge in [-0.25, -0.2) is 0 Å². The van der Waals surface area contributed by atoms with Gasteiger partial charge in [-0.05, 0) is 30.5 Å². The number of benzene rings is 1. The normalized spacial score (nSPS) is 19.9. The van der Waals surface area contributed by atoms with Crippen molar-refractivity contribution in [3.8, 4) is 11.5 Å². The van der Waals surface area contributed by atoms with Gasteiger partial charge in [-0.2, -0.15) is 0 Å². The van der Waals surface area contributed by atoms with Crippen LogP contribution in [0.1, 0.15) is 25.3 Å². The molecule has 3 rings (SSSR count). The van der Waals surface area contributed by atoms with Crippen LogP contribution >= 0.6 is 0 Å². The molecular formula is C16H20N2O4. The summed E-state index contributed by atoms with van der Waals surface area (Å²) >= 11 is 0. The van der Waals surface area contributed by atoms with E-state index in [0.29, 0.717) is 18.8 Å². The maximum absolute atomic E-state index is 12.3. The van der Waals surface area contributed by atoms with Crippen molar-refractivity contribution in [2.75, 3.05) is 19.9 Å². The van der Waals surface area contributed by atoms with E-state index < -0.39 is 0 Å². The van der Waals surface area contributed by atoms with Crippen molar-refractivity contribution < 1.29 is 19.1 Å². The van der Waals surface area contributed by atoms with Crippen LogP contribution < -0.4 is 14.8 Å². The second-order valence-corrected chi connectivity index (χ2v) is 5.71. The van der Waals surface area contributed by atoms with E-state index in [2.05, 4.69) is 5.32 Å². The Morgan fingerprint density at radius 2 is 2.14 bits per heavy atom. The van der Waals surface area contributed by atoms with Crippen LogP contribution in [-0.2, 0) is 16.1 Å². The number of nitrogens with one attached hydrogen (secondary N) is 1. The molecule has 118 valence electrons. The highest BCUT2D eigenvalue weighted by Gasteiger charge is 2.26. The Labute approximate surface area is 129 Å². The molecule has 1 N–H and O–H groups in total. The molecule has 6 nitrogen and oxygen atoms in total. The second kappa shape index (κ2) is 6.25. The van der Waals surface area contributed by atoms with Gasteiger partial charge in [0.2, 0.25) is 18.6 Å². The number of piperidine rings is 1. The quantitative estimate of drug-likeness (QED) is 0.913. The lowest BCUT2D eigenvalue weighted by atomic mass is 9.97. The number of carbonyl (C=O) groups is 2. The molecule has 0 radical (unpaired) electrons. The summed E-state index contributed by atoms with van der Waals surface area (Å²) in [4.78, 5) is 25.4. The number of fused-ring (bicyclic) bond motifs is 1. The third kappa shape index (κ3) is 3.16. The fourth-order valence-electron chi connectivity index (χ4n) is 2.86. The number of likely N-dealkylation sites (tertiary alicyclic amines) is 1. The summed E-state index contributed by atoms with van der Waals surface area (Å²) in [6, 6.07) is 5.64. The topological polar surface area (TPSA) is 67.9 Å². The molecule has 2 amide bonds. The number of amides is 2. The summed E-state index contributed by atoms with van der Waals surface area (Å²) in [6.45, 7) is 3.51. The molecule has 2 aliphatic rings. The molecule has 0 bridgehead atoms. The van der Waals surface area contributed by atoms with E-state index >= 15 is 0 Å². The zero-order valence-electron chi connectivity index (χ0n) is 12.6. The molecule has 0 unspecified atom stereocenters. The molecule has 1 aromatic rings. The highest BCUT2D eigenvalue weighted by molar-refractivity contribution is 5.80. The van der Waals surface area contributed by atoms with Gasteiger partial charge in [-0.3, -0.25) is 9.59 Å². The number of nitrogens with zero attached hydrogens (tertiary/aromatic N) is 1.